The maximum absolute atomic E-state index is 13.4. The number of rotatable bonds is 7. The summed E-state index contributed by atoms with van der Waals surface area (Å²) in [5.74, 6) is -0.416. The van der Waals surface area contributed by atoms with Crippen LogP contribution >= 0.6 is 0 Å². The maximum Gasteiger partial charge on any atom is 0.247 e. The first-order chi connectivity index (χ1) is 15.1. The van der Waals surface area contributed by atoms with E-state index < -0.39 is 21.5 Å². The second-order valence-corrected chi connectivity index (χ2v) is 10.8. The third kappa shape index (κ3) is 4.86. The molecule has 2 amide bonds. The van der Waals surface area contributed by atoms with Gasteiger partial charge in [0, 0.05) is 18.8 Å². The van der Waals surface area contributed by atoms with Gasteiger partial charge in [-0.1, -0.05) is 49.7 Å². The van der Waals surface area contributed by atoms with Crippen molar-refractivity contribution in [1.82, 2.24) is 9.62 Å². The van der Waals surface area contributed by atoms with Crippen molar-refractivity contribution in [2.24, 2.45) is 5.92 Å². The van der Waals surface area contributed by atoms with E-state index in [1.165, 1.54) is 17.0 Å². The van der Waals surface area contributed by atoms with Crippen LogP contribution in [0.15, 0.2) is 59.5 Å². The SMILES string of the molecule is Cc1ccc(N2C(=O)CN(S(=O)(=O)c3ccccc3)C[C@]2(C)C(=O)NCCC(C)C)cc1. The van der Waals surface area contributed by atoms with Gasteiger partial charge in [-0.05, 0) is 50.5 Å². The first-order valence-corrected chi connectivity index (χ1v) is 12.2. The van der Waals surface area contributed by atoms with Gasteiger partial charge in [-0.25, -0.2) is 8.42 Å². The quantitative estimate of drug-likeness (QED) is 0.693. The van der Waals surface area contributed by atoms with Crippen LogP contribution in [-0.2, 0) is 19.6 Å². The molecule has 0 aliphatic carbocycles. The van der Waals surface area contributed by atoms with Crippen molar-refractivity contribution in [3.05, 3.63) is 60.2 Å². The Balaban J connectivity index is 1.99. The average molecular weight is 458 g/mol. The molecule has 1 aliphatic heterocycles. The van der Waals surface area contributed by atoms with Crippen LogP contribution in [0.25, 0.3) is 0 Å². The number of hydrogen-bond donors (Lipinski definition) is 1. The molecular formula is C24H31N3O4S. The number of sulfonamides is 1. The second kappa shape index (κ2) is 9.42. The minimum Gasteiger partial charge on any atom is -0.354 e. The standard InChI is InChI=1S/C24H31N3O4S/c1-18(2)14-15-25-23(29)24(4)17-26(32(30,31)21-8-6-5-7-9-21)16-22(28)27(24)20-12-10-19(3)11-13-20/h5-13,18H,14-17H2,1-4H3,(H,25,29)/t24-/m1/s1. The average Bonchev–Trinajstić information content (AvgIpc) is 2.75. The second-order valence-electron chi connectivity index (χ2n) is 8.86. The smallest absolute Gasteiger partial charge is 0.247 e. The van der Waals surface area contributed by atoms with Gasteiger partial charge in [0.15, 0.2) is 0 Å². The molecule has 2 aromatic rings. The number of hydrogen-bond acceptors (Lipinski definition) is 4. The molecule has 172 valence electrons. The van der Waals surface area contributed by atoms with E-state index in [1.807, 2.05) is 19.1 Å². The van der Waals surface area contributed by atoms with Crippen molar-refractivity contribution in [3.8, 4) is 0 Å². The predicted molar refractivity (Wildman–Crippen MR) is 125 cm³/mol. The van der Waals surface area contributed by atoms with Crippen molar-refractivity contribution in [3.63, 3.8) is 0 Å². The van der Waals surface area contributed by atoms with Crippen molar-refractivity contribution in [2.45, 2.75) is 44.6 Å². The Morgan fingerprint density at radius 3 is 2.31 bits per heavy atom. The molecule has 8 heteroatoms. The van der Waals surface area contributed by atoms with E-state index >= 15 is 0 Å². The van der Waals surface area contributed by atoms with Gasteiger partial charge >= 0.3 is 0 Å². The fourth-order valence-corrected chi connectivity index (χ4v) is 5.34. The Hall–Kier alpha value is -2.71. The summed E-state index contributed by atoms with van der Waals surface area (Å²) in [7, 11) is -3.94. The van der Waals surface area contributed by atoms with Gasteiger partial charge in [0.1, 0.15) is 5.54 Å². The van der Waals surface area contributed by atoms with Gasteiger partial charge in [-0.3, -0.25) is 14.5 Å². The minimum atomic E-state index is -3.94. The zero-order valence-electron chi connectivity index (χ0n) is 19.0. The highest BCUT2D eigenvalue weighted by Gasteiger charge is 2.51. The van der Waals surface area contributed by atoms with Gasteiger partial charge < -0.3 is 5.32 Å². The molecule has 0 bridgehead atoms. The van der Waals surface area contributed by atoms with E-state index in [4.69, 9.17) is 0 Å². The lowest BCUT2D eigenvalue weighted by Crippen LogP contribution is -2.70. The van der Waals surface area contributed by atoms with Crippen molar-refractivity contribution in [1.29, 1.82) is 0 Å². The van der Waals surface area contributed by atoms with E-state index in [-0.39, 0.29) is 23.9 Å². The number of anilines is 1. The van der Waals surface area contributed by atoms with E-state index in [9.17, 15) is 18.0 Å². The molecule has 0 spiro atoms. The van der Waals surface area contributed by atoms with Gasteiger partial charge in [-0.15, -0.1) is 0 Å². The van der Waals surface area contributed by atoms with Crippen LogP contribution in [0.3, 0.4) is 0 Å². The van der Waals surface area contributed by atoms with Crippen LogP contribution in [0, 0.1) is 12.8 Å². The summed E-state index contributed by atoms with van der Waals surface area (Å²) in [4.78, 5) is 28.2. The predicted octanol–water partition coefficient (Wildman–Crippen LogP) is 2.95. The molecular weight excluding hydrogens is 426 g/mol. The summed E-state index contributed by atoms with van der Waals surface area (Å²) < 4.78 is 27.6. The molecule has 1 saturated heterocycles. The van der Waals surface area contributed by atoms with E-state index in [0.717, 1.165) is 16.3 Å². The Bertz CT molecular complexity index is 1070. The molecule has 1 atom stereocenters. The van der Waals surface area contributed by atoms with Crippen LogP contribution in [0.2, 0.25) is 0 Å². The van der Waals surface area contributed by atoms with Gasteiger partial charge in [0.25, 0.3) is 0 Å². The Kier molecular flexibility index (Phi) is 7.05. The summed E-state index contributed by atoms with van der Waals surface area (Å²) in [5, 5.41) is 2.91. The normalized spacial score (nSPS) is 19.9. The molecule has 7 nitrogen and oxygen atoms in total. The summed E-state index contributed by atoms with van der Waals surface area (Å²) in [6, 6.07) is 15.3. The van der Waals surface area contributed by atoms with Crippen molar-refractivity contribution >= 4 is 27.5 Å². The Labute approximate surface area is 190 Å². The number of amides is 2. The van der Waals surface area contributed by atoms with E-state index in [2.05, 4.69) is 19.2 Å². The van der Waals surface area contributed by atoms with Gasteiger partial charge in [-0.2, -0.15) is 4.31 Å². The molecule has 1 heterocycles. The number of benzene rings is 2. The van der Waals surface area contributed by atoms with Crippen molar-refractivity contribution < 1.29 is 18.0 Å². The number of nitrogens with one attached hydrogen (secondary N) is 1. The molecule has 32 heavy (non-hydrogen) atoms. The monoisotopic (exact) mass is 457 g/mol. The van der Waals surface area contributed by atoms with Gasteiger partial charge in [0.05, 0.1) is 11.4 Å². The van der Waals surface area contributed by atoms with Crippen molar-refractivity contribution in [2.75, 3.05) is 24.5 Å². The lowest BCUT2D eigenvalue weighted by molar-refractivity contribution is -0.132. The molecule has 1 aliphatic rings. The molecule has 0 aromatic heterocycles. The van der Waals surface area contributed by atoms with Crippen LogP contribution < -0.4 is 10.2 Å². The van der Waals surface area contributed by atoms with Crippen LogP contribution in [-0.4, -0.2) is 49.7 Å². The van der Waals surface area contributed by atoms with Crippen LogP contribution in [0.4, 0.5) is 5.69 Å². The first-order valence-electron chi connectivity index (χ1n) is 10.8. The highest BCUT2D eigenvalue weighted by Crippen LogP contribution is 2.32. The molecule has 3 rings (SSSR count). The third-order valence-electron chi connectivity index (χ3n) is 5.71. The lowest BCUT2D eigenvalue weighted by Gasteiger charge is -2.46. The largest absolute Gasteiger partial charge is 0.354 e. The fourth-order valence-electron chi connectivity index (χ4n) is 3.84. The first kappa shape index (κ1) is 23.9. The van der Waals surface area contributed by atoms with Gasteiger partial charge in [0.2, 0.25) is 21.8 Å². The number of piperazine rings is 1. The van der Waals surface area contributed by atoms with Crippen LogP contribution in [0.1, 0.15) is 32.8 Å². The molecule has 1 N–H and O–H groups in total. The zero-order valence-corrected chi connectivity index (χ0v) is 19.9. The zero-order chi connectivity index (χ0) is 23.5. The topological polar surface area (TPSA) is 86.8 Å². The number of carbonyl (C=O) groups is 2. The summed E-state index contributed by atoms with van der Waals surface area (Å²) in [6.07, 6.45) is 0.784. The molecule has 0 saturated carbocycles. The Morgan fingerprint density at radius 2 is 1.72 bits per heavy atom. The summed E-state index contributed by atoms with van der Waals surface area (Å²) in [5.41, 5.74) is 0.192. The van der Waals surface area contributed by atoms with E-state index in [1.54, 1.807) is 37.3 Å². The highest BCUT2D eigenvalue weighted by atomic mass is 32.2. The van der Waals surface area contributed by atoms with Crippen LogP contribution in [0.5, 0.6) is 0 Å². The lowest BCUT2D eigenvalue weighted by atomic mass is 9.94. The molecule has 0 unspecified atom stereocenters. The fraction of sp³-hybridized carbons (Fsp3) is 0.417. The minimum absolute atomic E-state index is 0.0964. The summed E-state index contributed by atoms with van der Waals surface area (Å²) >= 11 is 0. The molecule has 1 fully saturated rings. The number of nitrogens with zero attached hydrogens (tertiary/aromatic N) is 2. The maximum atomic E-state index is 13.4. The summed E-state index contributed by atoms with van der Waals surface area (Å²) in [6.45, 7) is 7.66. The van der Waals surface area contributed by atoms with E-state index in [0.29, 0.717) is 18.2 Å². The Morgan fingerprint density at radius 1 is 1.09 bits per heavy atom. The molecule has 0 radical (unpaired) electrons. The number of aryl methyl sites for hydroxylation is 1. The third-order valence-corrected chi connectivity index (χ3v) is 7.51. The number of carbonyl (C=O) groups excluding carboxylic acids is 2. The molecule has 2 aromatic carbocycles. The highest BCUT2D eigenvalue weighted by molar-refractivity contribution is 7.89.